The van der Waals surface area contributed by atoms with Gasteiger partial charge in [-0.1, -0.05) is 0 Å². The maximum Gasteiger partial charge on any atom is 0.192 e. The van der Waals surface area contributed by atoms with E-state index in [0.29, 0.717) is 0 Å². The summed E-state index contributed by atoms with van der Waals surface area (Å²) in [5.74, 6) is -0.365. The van der Waals surface area contributed by atoms with Gasteiger partial charge in [0, 0.05) is 13.1 Å². The molecule has 0 spiro atoms. The summed E-state index contributed by atoms with van der Waals surface area (Å²) in [5.41, 5.74) is -1.53. The third-order valence-electron chi connectivity index (χ3n) is 1.44. The molecule has 1 rings (SSSR count). The van der Waals surface area contributed by atoms with E-state index < -0.39 is 5.67 Å². The third-order valence-corrected chi connectivity index (χ3v) is 1.44. The van der Waals surface area contributed by atoms with Crippen LogP contribution in [0.15, 0.2) is 0 Å². The van der Waals surface area contributed by atoms with Crippen molar-refractivity contribution in [2.45, 2.75) is 12.6 Å². The maximum absolute atomic E-state index is 12.6. The Hall–Kier alpha value is -0.150. The Morgan fingerprint density at radius 3 is 2.11 bits per heavy atom. The molecule has 1 saturated heterocycles. The van der Waals surface area contributed by atoms with Crippen LogP contribution >= 0.6 is 12.4 Å². The van der Waals surface area contributed by atoms with Crippen molar-refractivity contribution < 1.29 is 9.18 Å². The zero-order valence-corrected chi connectivity index (χ0v) is 5.93. The van der Waals surface area contributed by atoms with Gasteiger partial charge in [-0.15, -0.1) is 12.4 Å². The molecule has 0 amide bonds. The molecule has 4 heteroatoms. The number of Topliss-reactive ketones (excluding diaryl/α,β-unsaturated/α-hetero) is 1. The molecule has 0 aliphatic carbocycles. The fourth-order valence-corrected chi connectivity index (χ4v) is 0.593. The van der Waals surface area contributed by atoms with Crippen LogP contribution < -0.4 is 5.32 Å². The van der Waals surface area contributed by atoms with Crippen molar-refractivity contribution in [3.8, 4) is 0 Å². The summed E-state index contributed by atoms with van der Waals surface area (Å²) < 4.78 is 12.6. The molecule has 1 aliphatic rings. The van der Waals surface area contributed by atoms with Crippen LogP contribution in [0.3, 0.4) is 0 Å². The van der Waals surface area contributed by atoms with E-state index in [-0.39, 0.29) is 31.3 Å². The molecule has 1 N–H and O–H groups in total. The zero-order valence-electron chi connectivity index (χ0n) is 5.11. The minimum atomic E-state index is -1.53. The van der Waals surface area contributed by atoms with Gasteiger partial charge in [-0.3, -0.25) is 4.79 Å². The second-order valence-electron chi connectivity index (χ2n) is 2.13. The first kappa shape index (κ1) is 8.85. The van der Waals surface area contributed by atoms with Gasteiger partial charge in [-0.05, 0) is 6.92 Å². The molecule has 0 radical (unpaired) electrons. The number of hydrogen-bond donors (Lipinski definition) is 1. The highest BCUT2D eigenvalue weighted by molar-refractivity contribution is 5.86. The standard InChI is InChI=1S/C5H8FNO.ClH/c1-4(8)5(6)2-7-3-5;/h7H,2-3H2,1H3;1H. The van der Waals surface area contributed by atoms with Crippen LogP contribution in [0.5, 0.6) is 0 Å². The van der Waals surface area contributed by atoms with E-state index in [9.17, 15) is 9.18 Å². The van der Waals surface area contributed by atoms with Crippen molar-refractivity contribution in [3.05, 3.63) is 0 Å². The number of ketones is 1. The monoisotopic (exact) mass is 153 g/mol. The highest BCUT2D eigenvalue weighted by Crippen LogP contribution is 2.16. The van der Waals surface area contributed by atoms with Gasteiger partial charge < -0.3 is 5.32 Å². The molecule has 0 saturated carbocycles. The van der Waals surface area contributed by atoms with E-state index in [1.54, 1.807) is 0 Å². The second kappa shape index (κ2) is 2.62. The summed E-state index contributed by atoms with van der Waals surface area (Å²) in [7, 11) is 0. The van der Waals surface area contributed by atoms with E-state index in [1.807, 2.05) is 0 Å². The number of carbonyl (C=O) groups excluding carboxylic acids is 1. The molecule has 9 heavy (non-hydrogen) atoms. The van der Waals surface area contributed by atoms with Gasteiger partial charge in [-0.25, -0.2) is 4.39 Å². The van der Waals surface area contributed by atoms with E-state index >= 15 is 0 Å². The van der Waals surface area contributed by atoms with Gasteiger partial charge >= 0.3 is 0 Å². The first-order chi connectivity index (χ1) is 3.65. The van der Waals surface area contributed by atoms with E-state index in [0.717, 1.165) is 0 Å². The average molecular weight is 154 g/mol. The Morgan fingerprint density at radius 1 is 1.67 bits per heavy atom. The number of halogens is 2. The SMILES string of the molecule is CC(=O)C1(F)CNC1.Cl. The smallest absolute Gasteiger partial charge is 0.192 e. The molecule has 54 valence electrons. The van der Waals surface area contributed by atoms with Crippen LogP contribution in [0.2, 0.25) is 0 Å². The Bertz CT molecular complexity index is 124. The van der Waals surface area contributed by atoms with Gasteiger partial charge in [0.1, 0.15) is 0 Å². The molecule has 1 fully saturated rings. The van der Waals surface area contributed by atoms with Crippen LogP contribution in [0.1, 0.15) is 6.92 Å². The number of nitrogens with one attached hydrogen (secondary N) is 1. The van der Waals surface area contributed by atoms with Gasteiger partial charge in [-0.2, -0.15) is 0 Å². The summed E-state index contributed by atoms with van der Waals surface area (Å²) in [6.45, 7) is 1.67. The number of rotatable bonds is 1. The summed E-state index contributed by atoms with van der Waals surface area (Å²) in [4.78, 5) is 10.3. The van der Waals surface area contributed by atoms with E-state index in [2.05, 4.69) is 5.32 Å². The van der Waals surface area contributed by atoms with Gasteiger partial charge in [0.2, 0.25) is 0 Å². The lowest BCUT2D eigenvalue weighted by Crippen LogP contribution is -2.60. The van der Waals surface area contributed by atoms with Crippen molar-refractivity contribution in [3.63, 3.8) is 0 Å². The molecule has 1 heterocycles. The summed E-state index contributed by atoms with van der Waals surface area (Å²) in [5, 5.41) is 2.69. The molecule has 0 aromatic rings. The van der Waals surface area contributed by atoms with E-state index in [1.165, 1.54) is 6.92 Å². The van der Waals surface area contributed by atoms with Crippen molar-refractivity contribution in [2.75, 3.05) is 13.1 Å². The Morgan fingerprint density at radius 2 is 2.11 bits per heavy atom. The second-order valence-corrected chi connectivity index (χ2v) is 2.13. The molecule has 1 aliphatic heterocycles. The van der Waals surface area contributed by atoms with Gasteiger partial charge in [0.15, 0.2) is 11.5 Å². The predicted molar refractivity (Wildman–Crippen MR) is 34.6 cm³/mol. The molecule has 0 aromatic heterocycles. The van der Waals surface area contributed by atoms with Crippen LogP contribution in [0, 0.1) is 0 Å². The van der Waals surface area contributed by atoms with Gasteiger partial charge in [0.25, 0.3) is 0 Å². The highest BCUT2D eigenvalue weighted by Gasteiger charge is 2.41. The average Bonchev–Trinajstić information content (AvgIpc) is 1.60. The topological polar surface area (TPSA) is 29.1 Å². The molecular weight excluding hydrogens is 145 g/mol. The molecular formula is C5H9ClFNO. The van der Waals surface area contributed by atoms with Crippen LogP contribution in [-0.4, -0.2) is 24.5 Å². The quantitative estimate of drug-likeness (QED) is 0.588. The molecule has 0 atom stereocenters. The predicted octanol–water partition coefficient (Wildman–Crippen LogP) is 0.309. The van der Waals surface area contributed by atoms with Crippen LogP contribution in [-0.2, 0) is 4.79 Å². The fourth-order valence-electron chi connectivity index (χ4n) is 0.593. The zero-order chi connectivity index (χ0) is 6.20. The molecule has 0 bridgehead atoms. The highest BCUT2D eigenvalue weighted by atomic mass is 35.5. The van der Waals surface area contributed by atoms with Gasteiger partial charge in [0.05, 0.1) is 0 Å². The normalized spacial score (nSPS) is 21.6. The maximum atomic E-state index is 12.6. The fraction of sp³-hybridized carbons (Fsp3) is 0.800. The number of alkyl halides is 1. The lowest BCUT2D eigenvalue weighted by atomic mass is 9.95. The molecule has 2 nitrogen and oxygen atoms in total. The van der Waals surface area contributed by atoms with Crippen LogP contribution in [0.25, 0.3) is 0 Å². The lowest BCUT2D eigenvalue weighted by Gasteiger charge is -2.31. The largest absolute Gasteiger partial charge is 0.309 e. The van der Waals surface area contributed by atoms with E-state index in [4.69, 9.17) is 0 Å². The Labute approximate surface area is 59.2 Å². The Kier molecular flexibility index (Phi) is 2.58. The minimum absolute atomic E-state index is 0. The molecule has 0 aromatic carbocycles. The first-order valence-corrected chi connectivity index (χ1v) is 2.56. The van der Waals surface area contributed by atoms with Crippen LogP contribution in [0.4, 0.5) is 4.39 Å². The number of carbonyl (C=O) groups is 1. The lowest BCUT2D eigenvalue weighted by molar-refractivity contribution is -0.131. The van der Waals surface area contributed by atoms with Crippen molar-refractivity contribution in [1.82, 2.24) is 5.32 Å². The Balaban J connectivity index is 0.000000640. The summed E-state index contributed by atoms with van der Waals surface area (Å²) in [6.07, 6.45) is 0. The van der Waals surface area contributed by atoms with Crippen molar-refractivity contribution in [2.24, 2.45) is 0 Å². The number of hydrogen-bond acceptors (Lipinski definition) is 2. The molecule has 0 unspecified atom stereocenters. The third kappa shape index (κ3) is 1.40. The van der Waals surface area contributed by atoms with Crippen molar-refractivity contribution >= 4 is 18.2 Å². The summed E-state index contributed by atoms with van der Waals surface area (Å²) >= 11 is 0. The summed E-state index contributed by atoms with van der Waals surface area (Å²) in [6, 6.07) is 0. The minimum Gasteiger partial charge on any atom is -0.309 e. The first-order valence-electron chi connectivity index (χ1n) is 2.56. The van der Waals surface area contributed by atoms with Crippen molar-refractivity contribution in [1.29, 1.82) is 0 Å².